The molecule has 184 valence electrons. The van der Waals surface area contributed by atoms with Crippen molar-refractivity contribution in [3.8, 4) is 11.5 Å². The standard InChI is InChI=1S/C30H35NO4/c32-30-10-4-22-3-9-27(17-29(22)30)35-19-23-15-24-5-6-25(31-24)16-28(23)21-1-7-26(8-2-21)34-18-20-11-13-33-14-12-20/h1-3,7-9,17,20,24-25,31H,4-6,10-16,18-19H2. The van der Waals surface area contributed by atoms with Crippen molar-refractivity contribution in [3.63, 3.8) is 0 Å². The number of ketones is 1. The summed E-state index contributed by atoms with van der Waals surface area (Å²) in [5.74, 6) is 2.56. The fraction of sp³-hybridized carbons (Fsp3) is 0.500. The summed E-state index contributed by atoms with van der Waals surface area (Å²) in [4.78, 5) is 12.2. The summed E-state index contributed by atoms with van der Waals surface area (Å²) in [7, 11) is 0. The molecule has 3 heterocycles. The van der Waals surface area contributed by atoms with Crippen LogP contribution in [-0.4, -0.2) is 44.3 Å². The third kappa shape index (κ3) is 5.17. The highest BCUT2D eigenvalue weighted by Crippen LogP contribution is 2.36. The molecule has 2 unspecified atom stereocenters. The monoisotopic (exact) mass is 473 g/mol. The van der Waals surface area contributed by atoms with Crippen molar-refractivity contribution in [2.24, 2.45) is 5.92 Å². The number of hydrogen-bond donors (Lipinski definition) is 1. The molecule has 2 bridgehead atoms. The lowest BCUT2D eigenvalue weighted by molar-refractivity contribution is 0.0497. The van der Waals surface area contributed by atoms with E-state index in [1.165, 1.54) is 29.6 Å². The van der Waals surface area contributed by atoms with E-state index in [-0.39, 0.29) is 5.78 Å². The van der Waals surface area contributed by atoms with E-state index in [0.717, 1.165) is 74.6 Å². The van der Waals surface area contributed by atoms with E-state index >= 15 is 0 Å². The van der Waals surface area contributed by atoms with Gasteiger partial charge in [-0.25, -0.2) is 0 Å². The smallest absolute Gasteiger partial charge is 0.163 e. The van der Waals surface area contributed by atoms with Crippen LogP contribution in [0.1, 0.15) is 66.4 Å². The lowest BCUT2D eigenvalue weighted by Crippen LogP contribution is -2.27. The van der Waals surface area contributed by atoms with Crippen molar-refractivity contribution >= 4 is 11.4 Å². The molecule has 2 aromatic rings. The summed E-state index contributed by atoms with van der Waals surface area (Å²) in [5.41, 5.74) is 6.03. The average molecular weight is 474 g/mol. The first-order valence-electron chi connectivity index (χ1n) is 13.3. The molecular formula is C30H35NO4. The zero-order valence-corrected chi connectivity index (χ0v) is 20.4. The van der Waals surface area contributed by atoms with Gasteiger partial charge in [0.2, 0.25) is 0 Å². The molecule has 0 spiro atoms. The number of Topliss-reactive ketones (excluding diaryl/α,β-unsaturated/α-hetero) is 1. The first kappa shape index (κ1) is 22.8. The lowest BCUT2D eigenvalue weighted by atomic mass is 9.89. The van der Waals surface area contributed by atoms with Crippen molar-refractivity contribution in [2.75, 3.05) is 26.4 Å². The highest BCUT2D eigenvalue weighted by Gasteiger charge is 2.31. The number of nitrogens with one attached hydrogen (secondary N) is 1. The number of ether oxygens (including phenoxy) is 3. The Labute approximate surface area is 207 Å². The van der Waals surface area contributed by atoms with Crippen LogP contribution in [-0.2, 0) is 11.2 Å². The number of carbonyl (C=O) groups excluding carboxylic acids is 1. The Hall–Kier alpha value is -2.63. The Kier molecular flexibility index (Phi) is 6.62. The van der Waals surface area contributed by atoms with Crippen LogP contribution >= 0.6 is 0 Å². The molecule has 2 aromatic carbocycles. The van der Waals surface area contributed by atoms with Crippen molar-refractivity contribution < 1.29 is 19.0 Å². The summed E-state index contributed by atoms with van der Waals surface area (Å²) < 4.78 is 17.9. The van der Waals surface area contributed by atoms with Crippen LogP contribution < -0.4 is 14.8 Å². The summed E-state index contributed by atoms with van der Waals surface area (Å²) in [6, 6.07) is 15.7. The van der Waals surface area contributed by atoms with Gasteiger partial charge in [-0.2, -0.15) is 0 Å². The topological polar surface area (TPSA) is 56.8 Å². The molecule has 0 saturated carbocycles. The molecule has 3 aliphatic heterocycles. The summed E-state index contributed by atoms with van der Waals surface area (Å²) >= 11 is 0. The lowest BCUT2D eigenvalue weighted by Gasteiger charge is -2.22. The quantitative estimate of drug-likeness (QED) is 0.586. The normalized spacial score (nSPS) is 24.4. The zero-order chi connectivity index (χ0) is 23.6. The third-order valence-electron chi connectivity index (χ3n) is 8.15. The second-order valence-electron chi connectivity index (χ2n) is 10.6. The average Bonchev–Trinajstić information content (AvgIpc) is 3.44. The van der Waals surface area contributed by atoms with Crippen LogP contribution in [0, 0.1) is 5.92 Å². The number of rotatable bonds is 7. The highest BCUT2D eigenvalue weighted by molar-refractivity contribution is 6.00. The van der Waals surface area contributed by atoms with E-state index in [1.54, 1.807) is 0 Å². The van der Waals surface area contributed by atoms with Crippen molar-refractivity contribution in [2.45, 2.75) is 63.5 Å². The van der Waals surface area contributed by atoms with Gasteiger partial charge in [0.15, 0.2) is 5.78 Å². The van der Waals surface area contributed by atoms with Gasteiger partial charge in [0, 0.05) is 37.3 Å². The molecule has 0 radical (unpaired) electrons. The Morgan fingerprint density at radius 1 is 0.857 bits per heavy atom. The molecule has 6 rings (SSSR count). The first-order valence-corrected chi connectivity index (χ1v) is 13.3. The Balaban J connectivity index is 1.18. The fourth-order valence-electron chi connectivity index (χ4n) is 6.06. The molecule has 5 nitrogen and oxygen atoms in total. The van der Waals surface area contributed by atoms with E-state index in [1.807, 2.05) is 12.1 Å². The maximum atomic E-state index is 12.2. The minimum atomic E-state index is 0.237. The molecule has 0 amide bonds. The van der Waals surface area contributed by atoms with Gasteiger partial charge < -0.3 is 19.5 Å². The number of carbonyl (C=O) groups is 1. The molecule has 2 saturated heterocycles. The Bertz CT molecular complexity index is 1100. The van der Waals surface area contributed by atoms with Crippen LogP contribution in [0.3, 0.4) is 0 Å². The van der Waals surface area contributed by atoms with E-state index in [4.69, 9.17) is 14.2 Å². The van der Waals surface area contributed by atoms with Gasteiger partial charge >= 0.3 is 0 Å². The van der Waals surface area contributed by atoms with Gasteiger partial charge in [-0.05, 0) is 97.4 Å². The Morgan fingerprint density at radius 2 is 1.63 bits per heavy atom. The fourth-order valence-corrected chi connectivity index (χ4v) is 6.06. The minimum Gasteiger partial charge on any atom is -0.493 e. The van der Waals surface area contributed by atoms with Gasteiger partial charge in [0.1, 0.15) is 18.1 Å². The highest BCUT2D eigenvalue weighted by atomic mass is 16.5. The van der Waals surface area contributed by atoms with E-state index in [2.05, 4.69) is 35.6 Å². The second kappa shape index (κ2) is 10.2. The summed E-state index contributed by atoms with van der Waals surface area (Å²) in [6.45, 7) is 3.03. The van der Waals surface area contributed by atoms with Crippen LogP contribution in [0.15, 0.2) is 48.0 Å². The van der Waals surface area contributed by atoms with Gasteiger partial charge in [-0.15, -0.1) is 0 Å². The molecule has 5 heteroatoms. The minimum absolute atomic E-state index is 0.237. The van der Waals surface area contributed by atoms with Crippen molar-refractivity contribution in [1.82, 2.24) is 5.32 Å². The predicted octanol–water partition coefficient (Wildman–Crippen LogP) is 5.37. The van der Waals surface area contributed by atoms with E-state index in [9.17, 15) is 4.79 Å². The Morgan fingerprint density at radius 3 is 2.46 bits per heavy atom. The van der Waals surface area contributed by atoms with Gasteiger partial charge in [-0.1, -0.05) is 18.2 Å². The second-order valence-corrected chi connectivity index (χ2v) is 10.6. The van der Waals surface area contributed by atoms with Crippen molar-refractivity contribution in [3.05, 3.63) is 64.7 Å². The summed E-state index contributed by atoms with van der Waals surface area (Å²) in [6.07, 6.45) is 8.16. The molecule has 2 atom stereocenters. The third-order valence-corrected chi connectivity index (χ3v) is 8.15. The molecule has 1 N–H and O–H groups in total. The zero-order valence-electron chi connectivity index (χ0n) is 20.4. The predicted molar refractivity (Wildman–Crippen MR) is 136 cm³/mol. The van der Waals surface area contributed by atoms with Crippen LogP contribution in [0.5, 0.6) is 11.5 Å². The van der Waals surface area contributed by atoms with Gasteiger partial charge in [0.05, 0.1) is 6.61 Å². The van der Waals surface area contributed by atoms with Crippen LogP contribution in [0.25, 0.3) is 5.57 Å². The van der Waals surface area contributed by atoms with Crippen molar-refractivity contribution in [1.29, 1.82) is 0 Å². The van der Waals surface area contributed by atoms with Crippen LogP contribution in [0.2, 0.25) is 0 Å². The van der Waals surface area contributed by atoms with E-state index < -0.39 is 0 Å². The SMILES string of the molecule is O=C1CCc2ccc(OCC3=C(c4ccc(OCC5CCOCC5)cc4)CC4CCC(C3)N4)cc21. The molecule has 1 aliphatic carbocycles. The maximum absolute atomic E-state index is 12.2. The number of hydrogen-bond acceptors (Lipinski definition) is 5. The molecule has 2 fully saturated rings. The maximum Gasteiger partial charge on any atom is 0.163 e. The largest absolute Gasteiger partial charge is 0.493 e. The molecule has 35 heavy (non-hydrogen) atoms. The molecular weight excluding hydrogens is 438 g/mol. The first-order chi connectivity index (χ1) is 17.2. The molecule has 4 aliphatic rings. The van der Waals surface area contributed by atoms with Gasteiger partial charge in [0.25, 0.3) is 0 Å². The number of aryl methyl sites for hydroxylation is 1. The number of fused-ring (bicyclic) bond motifs is 3. The summed E-state index contributed by atoms with van der Waals surface area (Å²) in [5, 5.41) is 3.81. The number of benzene rings is 2. The van der Waals surface area contributed by atoms with Gasteiger partial charge in [-0.3, -0.25) is 4.79 Å². The van der Waals surface area contributed by atoms with E-state index in [0.29, 0.717) is 31.0 Å². The molecule has 0 aromatic heterocycles. The van der Waals surface area contributed by atoms with Crippen LogP contribution in [0.4, 0.5) is 0 Å².